The van der Waals surface area contributed by atoms with Crippen LogP contribution >= 0.6 is 11.3 Å². The highest BCUT2D eigenvalue weighted by molar-refractivity contribution is 7.07. The lowest BCUT2D eigenvalue weighted by molar-refractivity contribution is -0.125. The topological polar surface area (TPSA) is 49.3 Å². The van der Waals surface area contributed by atoms with Crippen LogP contribution in [0.25, 0.3) is 0 Å². The minimum absolute atomic E-state index is 0.109. The third-order valence-corrected chi connectivity index (χ3v) is 4.27. The van der Waals surface area contributed by atoms with Crippen LogP contribution in [0.3, 0.4) is 0 Å². The predicted octanol–water partition coefficient (Wildman–Crippen LogP) is 2.35. The van der Waals surface area contributed by atoms with Crippen LogP contribution in [0.1, 0.15) is 38.2 Å². The van der Waals surface area contributed by atoms with Crippen molar-refractivity contribution in [1.29, 1.82) is 0 Å². The maximum atomic E-state index is 11.9. The van der Waals surface area contributed by atoms with Gasteiger partial charge in [-0.1, -0.05) is 12.8 Å². The van der Waals surface area contributed by atoms with Crippen LogP contribution in [0.5, 0.6) is 0 Å². The smallest absolute Gasteiger partial charge is 0.223 e. The lowest BCUT2D eigenvalue weighted by atomic mass is 9.98. The number of hydrogen-bond acceptors (Lipinski definition) is 3. The van der Waals surface area contributed by atoms with Crippen LogP contribution in [-0.4, -0.2) is 23.2 Å². The standard InChI is InChI=1S/C14H21NO2S/c1-14(17,8-11-6-7-18-9-11)10-15-13(16)12-4-2-3-5-12/h6-7,9,12,17H,2-5,8,10H2,1H3,(H,15,16). The van der Waals surface area contributed by atoms with Crippen LogP contribution < -0.4 is 5.32 Å². The number of hydrogen-bond donors (Lipinski definition) is 2. The van der Waals surface area contributed by atoms with Gasteiger partial charge in [0, 0.05) is 18.9 Å². The molecule has 0 radical (unpaired) electrons. The zero-order valence-electron chi connectivity index (χ0n) is 10.8. The first-order chi connectivity index (χ1) is 8.57. The number of carbonyl (C=O) groups excluding carboxylic acids is 1. The number of rotatable bonds is 5. The second-order valence-electron chi connectivity index (χ2n) is 5.50. The molecule has 1 saturated carbocycles. The van der Waals surface area contributed by atoms with Gasteiger partial charge in [-0.05, 0) is 42.2 Å². The quantitative estimate of drug-likeness (QED) is 0.860. The molecule has 4 heteroatoms. The van der Waals surface area contributed by atoms with Crippen molar-refractivity contribution in [2.24, 2.45) is 5.92 Å². The molecular formula is C14H21NO2S. The molecule has 1 aromatic rings. The van der Waals surface area contributed by atoms with Crippen molar-refractivity contribution in [2.45, 2.75) is 44.6 Å². The lowest BCUT2D eigenvalue weighted by Gasteiger charge is -2.24. The van der Waals surface area contributed by atoms with Crippen LogP contribution in [0.4, 0.5) is 0 Å². The Hall–Kier alpha value is -0.870. The van der Waals surface area contributed by atoms with Gasteiger partial charge in [0.15, 0.2) is 0 Å². The molecule has 1 heterocycles. The van der Waals surface area contributed by atoms with E-state index < -0.39 is 5.60 Å². The molecule has 1 aromatic heterocycles. The van der Waals surface area contributed by atoms with E-state index in [1.165, 1.54) is 0 Å². The highest BCUT2D eigenvalue weighted by atomic mass is 32.1. The van der Waals surface area contributed by atoms with Crippen LogP contribution in [-0.2, 0) is 11.2 Å². The number of carbonyl (C=O) groups is 1. The monoisotopic (exact) mass is 267 g/mol. The number of aliphatic hydroxyl groups is 1. The van der Waals surface area contributed by atoms with Crippen molar-refractivity contribution in [3.05, 3.63) is 22.4 Å². The van der Waals surface area contributed by atoms with E-state index >= 15 is 0 Å². The third-order valence-electron chi connectivity index (χ3n) is 3.53. The summed E-state index contributed by atoms with van der Waals surface area (Å²) in [5, 5.41) is 17.2. The van der Waals surface area contributed by atoms with E-state index in [1.807, 2.05) is 16.8 Å². The van der Waals surface area contributed by atoms with Crippen molar-refractivity contribution < 1.29 is 9.90 Å². The van der Waals surface area contributed by atoms with Gasteiger partial charge in [0.25, 0.3) is 0 Å². The Kier molecular flexibility index (Phi) is 4.40. The molecule has 0 bridgehead atoms. The first-order valence-corrected chi connectivity index (χ1v) is 7.52. The summed E-state index contributed by atoms with van der Waals surface area (Å²) in [5.74, 6) is 0.278. The Morgan fingerprint density at radius 3 is 2.89 bits per heavy atom. The second kappa shape index (κ2) is 5.85. The molecule has 2 N–H and O–H groups in total. The highest BCUT2D eigenvalue weighted by Gasteiger charge is 2.26. The molecule has 0 spiro atoms. The Bertz CT molecular complexity index is 381. The van der Waals surface area contributed by atoms with E-state index in [9.17, 15) is 9.90 Å². The SMILES string of the molecule is CC(O)(CNC(=O)C1CCCC1)Cc1ccsc1. The van der Waals surface area contributed by atoms with Crippen molar-refractivity contribution >= 4 is 17.2 Å². The molecule has 1 unspecified atom stereocenters. The number of amides is 1. The molecule has 0 aliphatic heterocycles. The van der Waals surface area contributed by atoms with Crippen LogP contribution in [0.15, 0.2) is 16.8 Å². The fraction of sp³-hybridized carbons (Fsp3) is 0.643. The van der Waals surface area contributed by atoms with Crippen molar-refractivity contribution in [3.63, 3.8) is 0 Å². The molecule has 1 aliphatic rings. The van der Waals surface area contributed by atoms with Gasteiger partial charge >= 0.3 is 0 Å². The molecule has 18 heavy (non-hydrogen) atoms. The molecule has 3 nitrogen and oxygen atoms in total. The highest BCUT2D eigenvalue weighted by Crippen LogP contribution is 2.24. The summed E-state index contributed by atoms with van der Waals surface area (Å²) in [6.07, 6.45) is 4.89. The largest absolute Gasteiger partial charge is 0.388 e. The third kappa shape index (κ3) is 3.82. The molecule has 100 valence electrons. The lowest BCUT2D eigenvalue weighted by Crippen LogP contribution is -2.43. The Morgan fingerprint density at radius 2 is 2.28 bits per heavy atom. The van der Waals surface area contributed by atoms with Gasteiger partial charge in [-0.15, -0.1) is 0 Å². The summed E-state index contributed by atoms with van der Waals surface area (Å²) in [7, 11) is 0. The fourth-order valence-corrected chi connectivity index (χ4v) is 3.17. The maximum Gasteiger partial charge on any atom is 0.223 e. The van der Waals surface area contributed by atoms with E-state index in [0.717, 1.165) is 31.2 Å². The zero-order chi connectivity index (χ0) is 13.0. The van der Waals surface area contributed by atoms with Gasteiger partial charge in [0.2, 0.25) is 5.91 Å². The Morgan fingerprint density at radius 1 is 1.56 bits per heavy atom. The first-order valence-electron chi connectivity index (χ1n) is 6.58. The fourth-order valence-electron chi connectivity index (χ4n) is 2.51. The van der Waals surface area contributed by atoms with Crippen LogP contribution in [0, 0.1) is 5.92 Å². The average molecular weight is 267 g/mol. The molecule has 0 saturated heterocycles. The van der Waals surface area contributed by atoms with Gasteiger partial charge in [-0.25, -0.2) is 0 Å². The molecule has 0 aromatic carbocycles. The summed E-state index contributed by atoms with van der Waals surface area (Å²) < 4.78 is 0. The molecule has 1 amide bonds. The second-order valence-corrected chi connectivity index (χ2v) is 6.28. The Labute approximate surface area is 112 Å². The Balaban J connectivity index is 1.79. The first kappa shape index (κ1) is 13.6. The molecule has 1 fully saturated rings. The predicted molar refractivity (Wildman–Crippen MR) is 73.6 cm³/mol. The minimum Gasteiger partial charge on any atom is -0.388 e. The number of nitrogens with one attached hydrogen (secondary N) is 1. The molecule has 1 atom stereocenters. The van der Waals surface area contributed by atoms with E-state index in [1.54, 1.807) is 18.3 Å². The summed E-state index contributed by atoms with van der Waals surface area (Å²) >= 11 is 1.63. The molecular weight excluding hydrogens is 246 g/mol. The summed E-state index contributed by atoms with van der Waals surface area (Å²) in [4.78, 5) is 11.9. The molecule has 1 aliphatic carbocycles. The average Bonchev–Trinajstić information content (AvgIpc) is 2.97. The van der Waals surface area contributed by atoms with Gasteiger partial charge in [-0.2, -0.15) is 11.3 Å². The van der Waals surface area contributed by atoms with E-state index in [-0.39, 0.29) is 11.8 Å². The minimum atomic E-state index is -0.866. The van der Waals surface area contributed by atoms with E-state index in [4.69, 9.17) is 0 Å². The van der Waals surface area contributed by atoms with Crippen molar-refractivity contribution in [1.82, 2.24) is 5.32 Å². The normalized spacial score (nSPS) is 19.7. The summed E-state index contributed by atoms with van der Waals surface area (Å²) in [6.45, 7) is 2.11. The maximum absolute atomic E-state index is 11.9. The van der Waals surface area contributed by atoms with Gasteiger partial charge in [0.05, 0.1) is 5.60 Å². The molecule has 2 rings (SSSR count). The van der Waals surface area contributed by atoms with Crippen molar-refractivity contribution in [3.8, 4) is 0 Å². The van der Waals surface area contributed by atoms with E-state index in [0.29, 0.717) is 13.0 Å². The number of thiophene rings is 1. The summed E-state index contributed by atoms with van der Waals surface area (Å²) in [6, 6.07) is 2.01. The van der Waals surface area contributed by atoms with Crippen molar-refractivity contribution in [2.75, 3.05) is 6.54 Å². The van der Waals surface area contributed by atoms with Gasteiger partial charge in [0.1, 0.15) is 0 Å². The van der Waals surface area contributed by atoms with Gasteiger partial charge in [-0.3, -0.25) is 4.79 Å². The summed E-state index contributed by atoms with van der Waals surface area (Å²) in [5.41, 5.74) is 0.259. The van der Waals surface area contributed by atoms with Gasteiger partial charge < -0.3 is 10.4 Å². The zero-order valence-corrected chi connectivity index (χ0v) is 11.6. The van der Waals surface area contributed by atoms with E-state index in [2.05, 4.69) is 5.32 Å². The van der Waals surface area contributed by atoms with Crippen LogP contribution in [0.2, 0.25) is 0 Å².